The van der Waals surface area contributed by atoms with E-state index in [1.54, 1.807) is 0 Å². The first kappa shape index (κ1) is 70.5. The van der Waals surface area contributed by atoms with Gasteiger partial charge in [-0.15, -0.1) is 0 Å². The maximum absolute atomic E-state index is 10.2. The summed E-state index contributed by atoms with van der Waals surface area (Å²) in [5.41, 5.74) is 0. The first-order valence-electron chi connectivity index (χ1n) is 26.9. The van der Waals surface area contributed by atoms with Gasteiger partial charge in [0.25, 0.3) is 0 Å². The molecule has 0 bridgehead atoms. The molecule has 8 heteroatoms. The molecular weight excluding hydrogens is 799 g/mol. The van der Waals surface area contributed by atoms with Crippen molar-refractivity contribution in [2.75, 3.05) is 0 Å². The summed E-state index contributed by atoms with van der Waals surface area (Å²) in [4.78, 5) is 30.7. The van der Waals surface area contributed by atoms with Crippen LogP contribution in [-0.4, -0.2) is 52.6 Å². The van der Waals surface area contributed by atoms with Crippen molar-refractivity contribution in [2.45, 2.75) is 329 Å². The molecule has 360 valence electrons. The van der Waals surface area contributed by atoms with E-state index in [-0.39, 0.29) is 54.0 Å². The van der Waals surface area contributed by atoms with Gasteiger partial charge in [-0.1, -0.05) is 290 Å². The van der Waals surface area contributed by atoms with Gasteiger partial charge in [0.1, 0.15) is 0 Å². The van der Waals surface area contributed by atoms with Gasteiger partial charge in [0.05, 0.1) is 0 Å². The number of carboxylic acid groups (broad SMARTS) is 3. The van der Waals surface area contributed by atoms with Crippen molar-refractivity contribution in [3.63, 3.8) is 0 Å². The molecular formula is C54H105Al2O6+3. The zero-order valence-corrected chi connectivity index (χ0v) is 44.4. The van der Waals surface area contributed by atoms with Gasteiger partial charge in [-0.25, -0.2) is 0 Å². The van der Waals surface area contributed by atoms with Crippen molar-refractivity contribution in [3.8, 4) is 0 Å². The minimum Gasteiger partial charge on any atom is -0.550 e. The molecule has 0 aliphatic rings. The van der Waals surface area contributed by atoms with E-state index in [1.807, 2.05) is 0 Å². The quantitative estimate of drug-likeness (QED) is 0.0443. The molecule has 0 rings (SSSR count). The van der Waals surface area contributed by atoms with Crippen LogP contribution in [-0.2, 0) is 14.4 Å². The van der Waals surface area contributed by atoms with Gasteiger partial charge in [0.15, 0.2) is 0 Å². The molecule has 0 aliphatic carbocycles. The van der Waals surface area contributed by atoms with E-state index >= 15 is 0 Å². The van der Waals surface area contributed by atoms with Crippen LogP contribution in [0.2, 0.25) is 0 Å². The monoisotopic (exact) mass is 904 g/mol. The normalized spacial score (nSPS) is 10.5. The Morgan fingerprint density at radius 3 is 0.403 bits per heavy atom. The Morgan fingerprint density at radius 2 is 0.306 bits per heavy atom. The average Bonchev–Trinajstić information content (AvgIpc) is 3.22. The topological polar surface area (TPSA) is 120 Å². The molecule has 62 heavy (non-hydrogen) atoms. The number of carboxylic acids is 3. The molecule has 0 fully saturated rings. The SMILES string of the molecule is CCCCCCCCCCCCCCCCCC(=O)[O-].CCCCCCCCCCCCCCCCCC(=O)[O-].CCCCCCCCCCCCCCCCCC(=O)[O-].[Al+3].[Al+3]. The van der Waals surface area contributed by atoms with Crippen LogP contribution in [0, 0.1) is 0 Å². The molecule has 0 N–H and O–H groups in total. The molecule has 0 unspecified atom stereocenters. The summed E-state index contributed by atoms with van der Waals surface area (Å²) in [6, 6.07) is 0. The van der Waals surface area contributed by atoms with E-state index in [0.29, 0.717) is 0 Å². The Balaban J connectivity index is -0.000000258. The second-order valence-corrected chi connectivity index (χ2v) is 18.2. The minimum absolute atomic E-state index is 0. The van der Waals surface area contributed by atoms with Gasteiger partial charge in [-0.05, 0) is 38.5 Å². The van der Waals surface area contributed by atoms with E-state index in [4.69, 9.17) is 0 Å². The van der Waals surface area contributed by atoms with Gasteiger partial charge in [-0.2, -0.15) is 0 Å². The molecule has 0 spiro atoms. The van der Waals surface area contributed by atoms with Crippen molar-refractivity contribution in [2.24, 2.45) is 0 Å². The fourth-order valence-electron chi connectivity index (χ4n) is 7.92. The van der Waals surface area contributed by atoms with Crippen LogP contribution in [0.4, 0.5) is 0 Å². The third kappa shape index (κ3) is 79.8. The van der Waals surface area contributed by atoms with Gasteiger partial charge in [0.2, 0.25) is 0 Å². The largest absolute Gasteiger partial charge is 3.00 e. The van der Waals surface area contributed by atoms with Crippen LogP contribution in [0.25, 0.3) is 0 Å². The van der Waals surface area contributed by atoms with Crippen LogP contribution >= 0.6 is 0 Å². The predicted molar refractivity (Wildman–Crippen MR) is 265 cm³/mol. The summed E-state index contributed by atoms with van der Waals surface area (Å²) >= 11 is 0. The summed E-state index contributed by atoms with van der Waals surface area (Å²) in [5.74, 6) is -2.71. The number of rotatable bonds is 48. The zero-order valence-electron chi connectivity index (χ0n) is 42.0. The van der Waals surface area contributed by atoms with Gasteiger partial charge >= 0.3 is 34.7 Å². The van der Waals surface area contributed by atoms with Crippen molar-refractivity contribution < 1.29 is 29.7 Å². The summed E-state index contributed by atoms with van der Waals surface area (Å²) in [6.07, 6.45) is 59.6. The number of hydrogen-bond acceptors (Lipinski definition) is 6. The second-order valence-electron chi connectivity index (χ2n) is 18.2. The van der Waals surface area contributed by atoms with Crippen LogP contribution < -0.4 is 15.3 Å². The Bertz CT molecular complexity index is 722. The number of hydrogen-bond donors (Lipinski definition) is 0. The molecule has 0 aromatic carbocycles. The van der Waals surface area contributed by atoms with Crippen molar-refractivity contribution in [1.29, 1.82) is 0 Å². The Labute approximate surface area is 409 Å². The third-order valence-electron chi connectivity index (χ3n) is 12.0. The van der Waals surface area contributed by atoms with Crippen molar-refractivity contribution >= 4 is 52.6 Å². The first-order chi connectivity index (χ1) is 29.3. The van der Waals surface area contributed by atoms with Crippen LogP contribution in [0.15, 0.2) is 0 Å². The van der Waals surface area contributed by atoms with Crippen LogP contribution in [0.5, 0.6) is 0 Å². The zero-order chi connectivity index (χ0) is 44.7. The second kappa shape index (κ2) is 67.1. The van der Waals surface area contributed by atoms with Crippen LogP contribution in [0.1, 0.15) is 329 Å². The summed E-state index contributed by atoms with van der Waals surface area (Å²) in [7, 11) is 0. The summed E-state index contributed by atoms with van der Waals surface area (Å²) in [5, 5.41) is 30.7. The van der Waals surface area contributed by atoms with E-state index in [2.05, 4.69) is 20.8 Å². The average molecular weight is 904 g/mol. The number of carbonyl (C=O) groups excluding carboxylic acids is 3. The van der Waals surface area contributed by atoms with Gasteiger partial charge < -0.3 is 29.7 Å². The van der Waals surface area contributed by atoms with Crippen molar-refractivity contribution in [1.82, 2.24) is 0 Å². The molecule has 6 nitrogen and oxygen atoms in total. The number of aliphatic carboxylic acids is 3. The molecule has 0 heterocycles. The van der Waals surface area contributed by atoms with E-state index in [1.165, 1.54) is 250 Å². The molecule has 0 atom stereocenters. The molecule has 0 saturated carbocycles. The first-order valence-corrected chi connectivity index (χ1v) is 26.9. The molecule has 0 aliphatic heterocycles. The maximum Gasteiger partial charge on any atom is 3.00 e. The van der Waals surface area contributed by atoms with E-state index < -0.39 is 17.9 Å². The van der Waals surface area contributed by atoms with Crippen molar-refractivity contribution in [3.05, 3.63) is 0 Å². The Hall–Kier alpha value is -0.525. The molecule has 0 amide bonds. The fourth-order valence-corrected chi connectivity index (χ4v) is 7.92. The number of unbranched alkanes of at least 4 members (excludes halogenated alkanes) is 42. The van der Waals surface area contributed by atoms with Gasteiger partial charge in [0, 0.05) is 17.9 Å². The fraction of sp³-hybridized carbons (Fsp3) is 0.944. The van der Waals surface area contributed by atoms with E-state index in [9.17, 15) is 29.7 Å². The maximum atomic E-state index is 10.2. The summed E-state index contributed by atoms with van der Waals surface area (Å²) < 4.78 is 0. The molecule has 0 aromatic rings. The Morgan fingerprint density at radius 1 is 0.210 bits per heavy atom. The Kier molecular flexibility index (Phi) is 76.3. The predicted octanol–water partition coefficient (Wildman–Crippen LogP) is 14.2. The standard InChI is InChI=1S/3C18H36O2.2Al/c3*1-2-3-4-5-6-7-8-9-10-11-12-13-14-15-16-17-18(19)20;;/h3*2-17H2,1H3,(H,19,20);;/q;;;2*+3/p-3. The third-order valence-corrected chi connectivity index (χ3v) is 12.0. The van der Waals surface area contributed by atoms with Crippen LogP contribution in [0.3, 0.4) is 0 Å². The summed E-state index contributed by atoms with van der Waals surface area (Å²) in [6.45, 7) is 6.80. The molecule has 0 radical (unpaired) electrons. The molecule has 0 saturated heterocycles. The smallest absolute Gasteiger partial charge is 0.550 e. The number of carbonyl (C=O) groups is 3. The van der Waals surface area contributed by atoms with E-state index in [0.717, 1.165) is 38.5 Å². The van der Waals surface area contributed by atoms with Gasteiger partial charge in [-0.3, -0.25) is 0 Å². The molecule has 0 aromatic heterocycles. The minimum atomic E-state index is -0.903.